The fourth-order valence-corrected chi connectivity index (χ4v) is 1.39. The maximum atomic E-state index is 5.80. The Morgan fingerprint density at radius 2 is 1.87 bits per heavy atom. The molecule has 0 saturated heterocycles. The van der Waals surface area contributed by atoms with Crippen molar-refractivity contribution in [3.05, 3.63) is 47.4 Å². The number of rotatable bonds is 2. The van der Waals surface area contributed by atoms with Crippen LogP contribution in [0.5, 0.6) is 0 Å². The van der Waals surface area contributed by atoms with Gasteiger partial charge in [0.05, 0.1) is 17.6 Å². The van der Waals surface area contributed by atoms with Gasteiger partial charge in [-0.15, -0.1) is 0 Å². The Labute approximate surface area is 92.9 Å². The molecule has 0 amide bonds. The quantitative estimate of drug-likeness (QED) is 0.843. The maximum absolute atomic E-state index is 5.80. The molecular weight excluding hydrogens is 210 g/mol. The number of nitrogens with zero attached hydrogens (tertiary/aromatic N) is 2. The molecule has 0 spiro atoms. The van der Waals surface area contributed by atoms with Gasteiger partial charge in [0.15, 0.2) is 0 Å². The molecule has 3 nitrogen and oxygen atoms in total. The van der Waals surface area contributed by atoms with Crippen molar-refractivity contribution in [3.63, 3.8) is 0 Å². The van der Waals surface area contributed by atoms with Crippen LogP contribution in [-0.4, -0.2) is 9.97 Å². The summed E-state index contributed by atoms with van der Waals surface area (Å²) in [6.45, 7) is 0.397. The second-order valence-electron chi connectivity index (χ2n) is 3.11. The Morgan fingerprint density at radius 1 is 1.13 bits per heavy atom. The van der Waals surface area contributed by atoms with Gasteiger partial charge in [-0.3, -0.25) is 4.98 Å². The molecule has 2 aromatic rings. The minimum absolute atomic E-state index is 0.397. The van der Waals surface area contributed by atoms with Crippen molar-refractivity contribution < 1.29 is 0 Å². The van der Waals surface area contributed by atoms with E-state index >= 15 is 0 Å². The molecule has 1 aromatic carbocycles. The molecule has 0 aliphatic carbocycles. The van der Waals surface area contributed by atoms with Crippen molar-refractivity contribution in [1.29, 1.82) is 0 Å². The first-order valence-corrected chi connectivity index (χ1v) is 4.94. The first-order chi connectivity index (χ1) is 7.29. The molecule has 0 radical (unpaired) electrons. The molecule has 0 bridgehead atoms. The van der Waals surface area contributed by atoms with Crippen LogP contribution in [0.2, 0.25) is 5.02 Å². The maximum Gasteiger partial charge on any atom is 0.0889 e. The molecular formula is C11H10ClN3. The SMILES string of the molecule is NCc1cncc(-c2ccc(Cl)cc2)n1. The Morgan fingerprint density at radius 3 is 2.53 bits per heavy atom. The van der Waals surface area contributed by atoms with Gasteiger partial charge in [-0.25, -0.2) is 4.98 Å². The number of halogens is 1. The van der Waals surface area contributed by atoms with Gasteiger partial charge in [-0.2, -0.15) is 0 Å². The third kappa shape index (κ3) is 2.32. The molecule has 1 heterocycles. The summed E-state index contributed by atoms with van der Waals surface area (Å²) in [5.41, 5.74) is 8.08. The highest BCUT2D eigenvalue weighted by atomic mass is 35.5. The Kier molecular flexibility index (Phi) is 2.94. The monoisotopic (exact) mass is 219 g/mol. The summed E-state index contributed by atoms with van der Waals surface area (Å²) < 4.78 is 0. The topological polar surface area (TPSA) is 51.8 Å². The van der Waals surface area contributed by atoms with Crippen LogP contribution in [0.15, 0.2) is 36.7 Å². The molecule has 2 N–H and O–H groups in total. The van der Waals surface area contributed by atoms with Crippen LogP contribution in [0.1, 0.15) is 5.69 Å². The van der Waals surface area contributed by atoms with E-state index in [-0.39, 0.29) is 0 Å². The lowest BCUT2D eigenvalue weighted by Gasteiger charge is -2.02. The Bertz CT molecular complexity index is 454. The summed E-state index contributed by atoms with van der Waals surface area (Å²) in [7, 11) is 0. The molecule has 2 rings (SSSR count). The summed E-state index contributed by atoms with van der Waals surface area (Å²) >= 11 is 5.80. The van der Waals surface area contributed by atoms with Crippen LogP contribution in [0.25, 0.3) is 11.3 Å². The highest BCUT2D eigenvalue weighted by molar-refractivity contribution is 6.30. The molecule has 0 aliphatic heterocycles. The normalized spacial score (nSPS) is 10.3. The Balaban J connectivity index is 2.40. The van der Waals surface area contributed by atoms with Gasteiger partial charge >= 0.3 is 0 Å². The minimum Gasteiger partial charge on any atom is -0.325 e. The fourth-order valence-electron chi connectivity index (χ4n) is 1.26. The minimum atomic E-state index is 0.397. The predicted molar refractivity (Wildman–Crippen MR) is 60.4 cm³/mol. The van der Waals surface area contributed by atoms with E-state index in [9.17, 15) is 0 Å². The van der Waals surface area contributed by atoms with E-state index in [1.807, 2.05) is 24.3 Å². The lowest BCUT2D eigenvalue weighted by atomic mass is 10.1. The van der Waals surface area contributed by atoms with E-state index in [1.54, 1.807) is 12.4 Å². The lowest BCUT2D eigenvalue weighted by molar-refractivity contribution is 0.967. The van der Waals surface area contributed by atoms with Crippen molar-refractivity contribution in [2.75, 3.05) is 0 Å². The van der Waals surface area contributed by atoms with Gasteiger partial charge in [-0.05, 0) is 12.1 Å². The summed E-state index contributed by atoms with van der Waals surface area (Å²) in [5, 5.41) is 0.710. The number of hydrogen-bond donors (Lipinski definition) is 1. The van der Waals surface area contributed by atoms with Crippen LogP contribution in [0, 0.1) is 0 Å². The molecule has 76 valence electrons. The number of aromatic nitrogens is 2. The average molecular weight is 220 g/mol. The van der Waals surface area contributed by atoms with Crippen LogP contribution < -0.4 is 5.73 Å². The van der Waals surface area contributed by atoms with Crippen LogP contribution in [0.3, 0.4) is 0 Å². The Hall–Kier alpha value is -1.45. The van der Waals surface area contributed by atoms with E-state index in [0.717, 1.165) is 17.0 Å². The second kappa shape index (κ2) is 4.38. The van der Waals surface area contributed by atoms with E-state index in [4.69, 9.17) is 17.3 Å². The number of benzene rings is 1. The van der Waals surface area contributed by atoms with E-state index in [0.29, 0.717) is 11.6 Å². The molecule has 0 unspecified atom stereocenters. The highest BCUT2D eigenvalue weighted by Gasteiger charge is 2.00. The van der Waals surface area contributed by atoms with Gasteiger partial charge in [0.2, 0.25) is 0 Å². The second-order valence-corrected chi connectivity index (χ2v) is 3.54. The summed E-state index contributed by atoms with van der Waals surface area (Å²) in [6.07, 6.45) is 3.38. The summed E-state index contributed by atoms with van der Waals surface area (Å²) in [6, 6.07) is 7.47. The van der Waals surface area contributed by atoms with Crippen molar-refractivity contribution in [2.24, 2.45) is 5.73 Å². The van der Waals surface area contributed by atoms with Gasteiger partial charge in [0, 0.05) is 23.3 Å². The van der Waals surface area contributed by atoms with Crippen LogP contribution in [-0.2, 0) is 6.54 Å². The zero-order valence-electron chi connectivity index (χ0n) is 8.02. The first-order valence-electron chi connectivity index (χ1n) is 4.56. The number of nitrogens with two attached hydrogens (primary N) is 1. The molecule has 4 heteroatoms. The van der Waals surface area contributed by atoms with Gasteiger partial charge < -0.3 is 5.73 Å². The largest absolute Gasteiger partial charge is 0.325 e. The third-order valence-electron chi connectivity index (χ3n) is 2.03. The van der Waals surface area contributed by atoms with E-state index < -0.39 is 0 Å². The summed E-state index contributed by atoms with van der Waals surface area (Å²) in [5.74, 6) is 0. The third-order valence-corrected chi connectivity index (χ3v) is 2.29. The smallest absolute Gasteiger partial charge is 0.0889 e. The van der Waals surface area contributed by atoms with Gasteiger partial charge in [0.1, 0.15) is 0 Å². The summed E-state index contributed by atoms with van der Waals surface area (Å²) in [4.78, 5) is 8.44. The van der Waals surface area contributed by atoms with Gasteiger partial charge in [0.25, 0.3) is 0 Å². The molecule has 15 heavy (non-hydrogen) atoms. The standard InChI is InChI=1S/C11H10ClN3/c12-9-3-1-8(2-4-9)11-7-14-6-10(5-13)15-11/h1-4,6-7H,5,13H2. The van der Waals surface area contributed by atoms with Crippen molar-refractivity contribution >= 4 is 11.6 Å². The van der Waals surface area contributed by atoms with Crippen molar-refractivity contribution in [3.8, 4) is 11.3 Å². The average Bonchev–Trinajstić information content (AvgIpc) is 2.30. The molecule has 1 aromatic heterocycles. The van der Waals surface area contributed by atoms with Crippen molar-refractivity contribution in [2.45, 2.75) is 6.54 Å². The van der Waals surface area contributed by atoms with Crippen LogP contribution >= 0.6 is 11.6 Å². The molecule has 0 fully saturated rings. The highest BCUT2D eigenvalue weighted by Crippen LogP contribution is 2.18. The molecule has 0 saturated carbocycles. The van der Waals surface area contributed by atoms with Crippen molar-refractivity contribution in [1.82, 2.24) is 9.97 Å². The lowest BCUT2D eigenvalue weighted by Crippen LogP contribution is -2.01. The zero-order valence-corrected chi connectivity index (χ0v) is 8.78. The number of hydrogen-bond acceptors (Lipinski definition) is 3. The fraction of sp³-hybridized carbons (Fsp3) is 0.0909. The predicted octanol–water partition coefficient (Wildman–Crippen LogP) is 2.26. The van der Waals surface area contributed by atoms with E-state index in [1.165, 1.54) is 0 Å². The molecule has 0 aliphatic rings. The molecule has 0 atom stereocenters. The first kappa shape index (κ1) is 10.1. The van der Waals surface area contributed by atoms with Crippen LogP contribution in [0.4, 0.5) is 0 Å². The van der Waals surface area contributed by atoms with Gasteiger partial charge in [-0.1, -0.05) is 23.7 Å². The van der Waals surface area contributed by atoms with E-state index in [2.05, 4.69) is 9.97 Å². The zero-order chi connectivity index (χ0) is 10.7.